The summed E-state index contributed by atoms with van der Waals surface area (Å²) in [4.78, 5) is 11.6. The summed E-state index contributed by atoms with van der Waals surface area (Å²) < 4.78 is 5.25. The lowest BCUT2D eigenvalue weighted by Gasteiger charge is -2.08. The number of rotatable bonds is 2. The second-order valence-electron chi connectivity index (χ2n) is 3.27. The molecule has 5 heteroatoms. The fourth-order valence-corrected chi connectivity index (χ4v) is 2.21. The highest BCUT2D eigenvalue weighted by Gasteiger charge is 2.24. The molecule has 1 amide bonds. The van der Waals surface area contributed by atoms with E-state index in [1.54, 1.807) is 11.4 Å². The summed E-state index contributed by atoms with van der Waals surface area (Å²) in [5.41, 5.74) is 0.506. The second-order valence-corrected chi connectivity index (χ2v) is 4.18. The molecule has 0 aromatic carbocycles. The number of thiophene rings is 1. The normalized spacial score (nSPS) is 19.8. The van der Waals surface area contributed by atoms with Crippen LogP contribution in [0.4, 0.5) is 5.00 Å². The molecule has 15 heavy (non-hydrogen) atoms. The largest absolute Gasteiger partial charge is 0.368 e. The molecule has 1 aromatic rings. The zero-order valence-electron chi connectivity index (χ0n) is 8.03. The molecule has 0 unspecified atom stereocenters. The van der Waals surface area contributed by atoms with E-state index < -0.39 is 0 Å². The van der Waals surface area contributed by atoms with E-state index in [0.717, 1.165) is 12.8 Å². The molecule has 1 aliphatic heterocycles. The van der Waals surface area contributed by atoms with E-state index in [-0.39, 0.29) is 12.0 Å². The van der Waals surface area contributed by atoms with E-state index >= 15 is 0 Å². The molecule has 0 spiro atoms. The average Bonchev–Trinajstić information content (AvgIpc) is 2.87. The highest BCUT2D eigenvalue weighted by molar-refractivity contribution is 7.14. The molecule has 0 radical (unpaired) electrons. The van der Waals surface area contributed by atoms with Crippen molar-refractivity contribution in [1.82, 2.24) is 0 Å². The summed E-state index contributed by atoms with van der Waals surface area (Å²) in [6.45, 7) is 0.646. The Hall–Kier alpha value is -1.38. The first kappa shape index (κ1) is 10.1. The molecule has 0 saturated carbocycles. The van der Waals surface area contributed by atoms with Crippen molar-refractivity contribution in [1.29, 1.82) is 5.26 Å². The number of ether oxygens (including phenoxy) is 1. The van der Waals surface area contributed by atoms with Crippen LogP contribution in [-0.2, 0) is 9.53 Å². The van der Waals surface area contributed by atoms with Crippen molar-refractivity contribution in [3.8, 4) is 6.07 Å². The van der Waals surface area contributed by atoms with Gasteiger partial charge in [-0.1, -0.05) is 0 Å². The number of hydrogen-bond acceptors (Lipinski definition) is 4. The Kier molecular flexibility index (Phi) is 2.99. The van der Waals surface area contributed by atoms with Crippen LogP contribution in [0.1, 0.15) is 18.4 Å². The lowest BCUT2D eigenvalue weighted by molar-refractivity contribution is -0.124. The number of hydrogen-bond donors (Lipinski definition) is 1. The van der Waals surface area contributed by atoms with Crippen LogP contribution in [0, 0.1) is 11.3 Å². The minimum Gasteiger partial charge on any atom is -0.368 e. The van der Waals surface area contributed by atoms with Gasteiger partial charge >= 0.3 is 0 Å². The van der Waals surface area contributed by atoms with Gasteiger partial charge in [-0.3, -0.25) is 4.79 Å². The van der Waals surface area contributed by atoms with E-state index in [9.17, 15) is 4.79 Å². The van der Waals surface area contributed by atoms with Crippen LogP contribution in [0.15, 0.2) is 11.4 Å². The van der Waals surface area contributed by atoms with Crippen LogP contribution in [0.25, 0.3) is 0 Å². The standard InChI is InChI=1S/C10H10N2O2S/c11-6-7-3-5-15-10(7)12-9(13)8-2-1-4-14-8/h3,5,8H,1-2,4H2,(H,12,13)/t8-/m1/s1. The predicted octanol–water partition coefficient (Wildman–Crippen LogP) is 1.74. The quantitative estimate of drug-likeness (QED) is 0.829. The first-order chi connectivity index (χ1) is 7.31. The first-order valence-electron chi connectivity index (χ1n) is 4.71. The molecule has 78 valence electrons. The molecule has 4 nitrogen and oxygen atoms in total. The van der Waals surface area contributed by atoms with Gasteiger partial charge in [-0.25, -0.2) is 0 Å². The van der Waals surface area contributed by atoms with Gasteiger partial charge in [0.2, 0.25) is 0 Å². The molecule has 0 bridgehead atoms. The van der Waals surface area contributed by atoms with Crippen LogP contribution in [0.2, 0.25) is 0 Å². The molecule has 1 atom stereocenters. The Morgan fingerprint density at radius 3 is 3.27 bits per heavy atom. The number of nitrogens with one attached hydrogen (secondary N) is 1. The molecule has 1 N–H and O–H groups in total. The van der Waals surface area contributed by atoms with Crippen molar-refractivity contribution < 1.29 is 9.53 Å². The molecular weight excluding hydrogens is 212 g/mol. The van der Waals surface area contributed by atoms with Crippen LogP contribution in [0.3, 0.4) is 0 Å². The summed E-state index contributed by atoms with van der Waals surface area (Å²) in [5.74, 6) is -0.147. The van der Waals surface area contributed by atoms with Crippen LogP contribution < -0.4 is 5.32 Å². The van der Waals surface area contributed by atoms with E-state index in [2.05, 4.69) is 5.32 Å². The van der Waals surface area contributed by atoms with Gasteiger partial charge in [-0.15, -0.1) is 11.3 Å². The van der Waals surface area contributed by atoms with Gasteiger partial charge < -0.3 is 10.1 Å². The highest BCUT2D eigenvalue weighted by Crippen LogP contribution is 2.23. The predicted molar refractivity (Wildman–Crippen MR) is 56.6 cm³/mol. The maximum Gasteiger partial charge on any atom is 0.254 e. The lowest BCUT2D eigenvalue weighted by Crippen LogP contribution is -2.26. The number of nitrogens with zero attached hydrogens (tertiary/aromatic N) is 1. The Morgan fingerprint density at radius 1 is 1.73 bits per heavy atom. The van der Waals surface area contributed by atoms with Gasteiger partial charge in [0.15, 0.2) is 0 Å². The Bertz CT molecular complexity index is 402. The van der Waals surface area contributed by atoms with Gasteiger partial charge in [-0.2, -0.15) is 5.26 Å². The first-order valence-corrected chi connectivity index (χ1v) is 5.59. The summed E-state index contributed by atoms with van der Waals surface area (Å²) >= 11 is 1.35. The third kappa shape index (κ3) is 2.17. The smallest absolute Gasteiger partial charge is 0.254 e. The van der Waals surface area contributed by atoms with Crippen molar-refractivity contribution in [2.24, 2.45) is 0 Å². The van der Waals surface area contributed by atoms with E-state index in [1.807, 2.05) is 6.07 Å². The molecule has 0 aliphatic carbocycles. The number of nitriles is 1. The summed E-state index contributed by atoms with van der Waals surface area (Å²) in [6.07, 6.45) is 1.34. The Labute approximate surface area is 91.5 Å². The number of amides is 1. The Balaban J connectivity index is 2.02. The third-order valence-corrected chi connectivity index (χ3v) is 3.07. The maximum absolute atomic E-state index is 11.6. The second kappa shape index (κ2) is 4.43. The van der Waals surface area contributed by atoms with Crippen LogP contribution in [0.5, 0.6) is 0 Å². The van der Waals surface area contributed by atoms with Crippen molar-refractivity contribution >= 4 is 22.2 Å². The van der Waals surface area contributed by atoms with Crippen LogP contribution in [-0.4, -0.2) is 18.6 Å². The fourth-order valence-electron chi connectivity index (χ4n) is 1.47. The lowest BCUT2D eigenvalue weighted by atomic mass is 10.2. The zero-order chi connectivity index (χ0) is 10.7. The Morgan fingerprint density at radius 2 is 2.60 bits per heavy atom. The third-order valence-electron chi connectivity index (χ3n) is 2.24. The van der Waals surface area contributed by atoms with Crippen molar-refractivity contribution in [3.05, 3.63) is 17.0 Å². The minimum atomic E-state index is -0.348. The molecule has 2 heterocycles. The summed E-state index contributed by atoms with van der Waals surface area (Å²) in [5, 5.41) is 13.9. The van der Waals surface area contributed by atoms with E-state index in [4.69, 9.17) is 10.00 Å². The minimum absolute atomic E-state index is 0.147. The van der Waals surface area contributed by atoms with Gasteiger partial charge in [0.25, 0.3) is 5.91 Å². The molecule has 2 rings (SSSR count). The van der Waals surface area contributed by atoms with Gasteiger partial charge in [0, 0.05) is 6.61 Å². The molecule has 1 fully saturated rings. The van der Waals surface area contributed by atoms with Crippen molar-refractivity contribution in [2.75, 3.05) is 11.9 Å². The SMILES string of the molecule is N#Cc1ccsc1NC(=O)[C@H]1CCCO1. The number of carbonyl (C=O) groups is 1. The van der Waals surface area contributed by atoms with Crippen molar-refractivity contribution in [3.63, 3.8) is 0 Å². The van der Waals surface area contributed by atoms with Gasteiger partial charge in [-0.05, 0) is 24.3 Å². The maximum atomic E-state index is 11.6. The monoisotopic (exact) mass is 222 g/mol. The van der Waals surface area contributed by atoms with Crippen molar-refractivity contribution in [2.45, 2.75) is 18.9 Å². The molecule has 1 aromatic heterocycles. The topological polar surface area (TPSA) is 62.1 Å². The van der Waals surface area contributed by atoms with Crippen LogP contribution >= 0.6 is 11.3 Å². The fraction of sp³-hybridized carbons (Fsp3) is 0.400. The number of carbonyl (C=O) groups excluding carboxylic acids is 1. The van der Waals surface area contributed by atoms with Gasteiger partial charge in [0.05, 0.1) is 5.56 Å². The van der Waals surface area contributed by atoms with Gasteiger partial charge in [0.1, 0.15) is 17.2 Å². The molecule has 1 aliphatic rings. The van der Waals surface area contributed by atoms with E-state index in [1.165, 1.54) is 11.3 Å². The van der Waals surface area contributed by atoms with E-state index in [0.29, 0.717) is 17.2 Å². The molecular formula is C10H10N2O2S. The highest BCUT2D eigenvalue weighted by atomic mass is 32.1. The molecule has 1 saturated heterocycles. The average molecular weight is 222 g/mol. The number of anilines is 1. The zero-order valence-corrected chi connectivity index (χ0v) is 8.84. The summed E-state index contributed by atoms with van der Waals surface area (Å²) in [6, 6.07) is 3.72. The summed E-state index contributed by atoms with van der Waals surface area (Å²) in [7, 11) is 0.